The molecule has 0 bridgehead atoms. The molecule has 4 rings (SSSR count). The molecule has 1 aliphatic heterocycles. The summed E-state index contributed by atoms with van der Waals surface area (Å²) in [5.74, 6) is 1.75. The van der Waals surface area contributed by atoms with Gasteiger partial charge in [-0.25, -0.2) is 9.97 Å². The van der Waals surface area contributed by atoms with Crippen molar-refractivity contribution in [1.82, 2.24) is 9.97 Å². The zero-order valence-electron chi connectivity index (χ0n) is 18.6. The second-order valence-corrected chi connectivity index (χ2v) is 8.12. The molecule has 2 aromatic heterocycles. The molecule has 6 nitrogen and oxygen atoms in total. The second-order valence-electron chi connectivity index (χ2n) is 8.12. The first-order chi connectivity index (χ1) is 15.1. The predicted octanol–water partition coefficient (Wildman–Crippen LogP) is 5.06. The lowest BCUT2D eigenvalue weighted by Crippen LogP contribution is -2.31. The number of aromatic nitrogens is 2. The van der Waals surface area contributed by atoms with E-state index in [-0.39, 0.29) is 12.4 Å². The first-order valence-electron chi connectivity index (χ1n) is 11.1. The third kappa shape index (κ3) is 5.51. The van der Waals surface area contributed by atoms with E-state index in [1.165, 1.54) is 0 Å². The monoisotopic (exact) mass is 421 g/mol. The van der Waals surface area contributed by atoms with Crippen molar-refractivity contribution in [2.24, 2.45) is 0 Å². The van der Waals surface area contributed by atoms with Gasteiger partial charge >= 0.3 is 0 Å². The van der Waals surface area contributed by atoms with Gasteiger partial charge in [0.05, 0.1) is 17.3 Å². The molecule has 0 amide bonds. The Balaban J connectivity index is 1.41. The molecule has 2 atom stereocenters. The Morgan fingerprint density at radius 1 is 1.13 bits per heavy atom. The fourth-order valence-electron chi connectivity index (χ4n) is 3.63. The van der Waals surface area contributed by atoms with E-state index >= 15 is 0 Å². The number of fused-ring (bicyclic) bond motifs is 1. The average molecular weight is 422 g/mol. The minimum atomic E-state index is -0.0946. The van der Waals surface area contributed by atoms with Crippen LogP contribution in [0, 0.1) is 0 Å². The highest BCUT2D eigenvalue weighted by atomic mass is 16.7. The fourth-order valence-corrected chi connectivity index (χ4v) is 3.63. The Labute approximate surface area is 184 Å². The summed E-state index contributed by atoms with van der Waals surface area (Å²) >= 11 is 0. The van der Waals surface area contributed by atoms with Crippen LogP contribution in [-0.4, -0.2) is 49.7 Å². The Kier molecular flexibility index (Phi) is 6.99. The van der Waals surface area contributed by atoms with Gasteiger partial charge in [-0.15, -0.1) is 0 Å². The number of rotatable bonds is 8. The normalized spacial score (nSPS) is 17.5. The molecule has 0 spiro atoms. The molecule has 3 heterocycles. The van der Waals surface area contributed by atoms with Crippen LogP contribution in [0.1, 0.15) is 32.6 Å². The van der Waals surface area contributed by atoms with Crippen molar-refractivity contribution in [1.29, 1.82) is 0 Å². The Morgan fingerprint density at radius 2 is 2.03 bits per heavy atom. The molecule has 0 N–H and O–H groups in total. The summed E-state index contributed by atoms with van der Waals surface area (Å²) in [6.45, 7) is 3.41. The van der Waals surface area contributed by atoms with E-state index in [0.717, 1.165) is 66.0 Å². The molecular formula is C25H31N3O3. The third-order valence-corrected chi connectivity index (χ3v) is 5.54. The maximum Gasteiger partial charge on any atom is 0.158 e. The molecule has 1 fully saturated rings. The standard InChI is InChI=1S/C25H31N3O3/c1-4-20(31-25-7-5-6-14-29-25)17-30-21-10-12-22-18(15-21)8-11-23(27-22)19-9-13-24(26-16-19)28(2)3/h8-13,15-16,20,25H,4-7,14,17H2,1-3H3. The van der Waals surface area contributed by atoms with Crippen molar-refractivity contribution >= 4 is 16.7 Å². The Morgan fingerprint density at radius 3 is 2.74 bits per heavy atom. The van der Waals surface area contributed by atoms with Gasteiger partial charge in [0.1, 0.15) is 18.2 Å². The van der Waals surface area contributed by atoms with Crippen LogP contribution in [0.25, 0.3) is 22.2 Å². The number of hydrogen-bond donors (Lipinski definition) is 0. The molecule has 164 valence electrons. The summed E-state index contributed by atoms with van der Waals surface area (Å²) in [5, 5.41) is 1.05. The van der Waals surface area contributed by atoms with Gasteiger partial charge in [-0.05, 0) is 62.1 Å². The minimum absolute atomic E-state index is 0.0249. The summed E-state index contributed by atoms with van der Waals surface area (Å²) in [6.07, 6.45) is 5.93. The van der Waals surface area contributed by atoms with E-state index in [1.807, 2.05) is 55.5 Å². The molecule has 0 aliphatic carbocycles. The van der Waals surface area contributed by atoms with E-state index in [9.17, 15) is 0 Å². The molecular weight excluding hydrogens is 390 g/mol. The van der Waals surface area contributed by atoms with Crippen LogP contribution in [0.15, 0.2) is 48.7 Å². The quantitative estimate of drug-likeness (QED) is 0.507. The second kappa shape index (κ2) is 10.1. The number of ether oxygens (including phenoxy) is 3. The average Bonchev–Trinajstić information content (AvgIpc) is 2.82. The lowest BCUT2D eigenvalue weighted by molar-refractivity contribution is -0.193. The van der Waals surface area contributed by atoms with Gasteiger partial charge in [0.2, 0.25) is 0 Å². The highest BCUT2D eigenvalue weighted by Crippen LogP contribution is 2.25. The van der Waals surface area contributed by atoms with Crippen LogP contribution in [0.3, 0.4) is 0 Å². The zero-order valence-corrected chi connectivity index (χ0v) is 18.6. The molecule has 1 aliphatic rings. The number of pyridine rings is 2. The fraction of sp³-hybridized carbons (Fsp3) is 0.440. The van der Waals surface area contributed by atoms with Crippen LogP contribution >= 0.6 is 0 Å². The van der Waals surface area contributed by atoms with Crippen molar-refractivity contribution in [2.45, 2.75) is 45.0 Å². The van der Waals surface area contributed by atoms with Crippen LogP contribution in [0.5, 0.6) is 5.75 Å². The number of anilines is 1. The van der Waals surface area contributed by atoms with E-state index in [4.69, 9.17) is 19.2 Å². The summed E-state index contributed by atoms with van der Waals surface area (Å²) in [6, 6.07) is 14.2. The van der Waals surface area contributed by atoms with Crippen molar-refractivity contribution < 1.29 is 14.2 Å². The lowest BCUT2D eigenvalue weighted by Gasteiger charge is -2.27. The van der Waals surface area contributed by atoms with E-state index in [1.54, 1.807) is 0 Å². The highest BCUT2D eigenvalue weighted by Gasteiger charge is 2.19. The summed E-state index contributed by atoms with van der Waals surface area (Å²) < 4.78 is 17.8. The van der Waals surface area contributed by atoms with Gasteiger partial charge in [0.15, 0.2) is 6.29 Å². The van der Waals surface area contributed by atoms with Crippen molar-refractivity contribution in [3.05, 3.63) is 48.7 Å². The number of benzene rings is 1. The van der Waals surface area contributed by atoms with Gasteiger partial charge in [-0.3, -0.25) is 0 Å². The molecule has 1 aromatic carbocycles. The highest BCUT2D eigenvalue weighted by molar-refractivity contribution is 5.82. The van der Waals surface area contributed by atoms with Crippen molar-refractivity contribution in [3.8, 4) is 17.0 Å². The van der Waals surface area contributed by atoms with Crippen LogP contribution in [-0.2, 0) is 9.47 Å². The molecule has 2 unspecified atom stereocenters. The van der Waals surface area contributed by atoms with Crippen LogP contribution in [0.2, 0.25) is 0 Å². The summed E-state index contributed by atoms with van der Waals surface area (Å²) in [5.41, 5.74) is 2.84. The zero-order chi connectivity index (χ0) is 21.6. The molecule has 31 heavy (non-hydrogen) atoms. The van der Waals surface area contributed by atoms with Gasteiger partial charge in [-0.2, -0.15) is 0 Å². The maximum absolute atomic E-state index is 6.07. The van der Waals surface area contributed by atoms with Crippen molar-refractivity contribution in [2.75, 3.05) is 32.2 Å². The third-order valence-electron chi connectivity index (χ3n) is 5.54. The van der Waals surface area contributed by atoms with E-state index in [0.29, 0.717) is 6.61 Å². The topological polar surface area (TPSA) is 56.7 Å². The van der Waals surface area contributed by atoms with Gasteiger partial charge in [-0.1, -0.05) is 13.0 Å². The smallest absolute Gasteiger partial charge is 0.158 e. The number of nitrogens with zero attached hydrogens (tertiary/aromatic N) is 3. The Hall–Kier alpha value is -2.70. The van der Waals surface area contributed by atoms with Gasteiger partial charge < -0.3 is 19.1 Å². The van der Waals surface area contributed by atoms with Crippen LogP contribution < -0.4 is 9.64 Å². The number of hydrogen-bond acceptors (Lipinski definition) is 6. The lowest BCUT2D eigenvalue weighted by atomic mass is 10.1. The van der Waals surface area contributed by atoms with E-state index < -0.39 is 0 Å². The molecule has 3 aromatic rings. The first-order valence-corrected chi connectivity index (χ1v) is 11.1. The first kappa shape index (κ1) is 21.5. The molecule has 6 heteroatoms. The SMILES string of the molecule is CCC(COc1ccc2nc(-c3ccc(N(C)C)nc3)ccc2c1)OC1CCCCO1. The maximum atomic E-state index is 6.07. The van der Waals surface area contributed by atoms with Crippen molar-refractivity contribution in [3.63, 3.8) is 0 Å². The summed E-state index contributed by atoms with van der Waals surface area (Å²) in [7, 11) is 3.96. The van der Waals surface area contributed by atoms with Gasteiger partial charge in [0.25, 0.3) is 0 Å². The van der Waals surface area contributed by atoms with E-state index in [2.05, 4.69) is 24.0 Å². The summed E-state index contributed by atoms with van der Waals surface area (Å²) in [4.78, 5) is 11.3. The Bertz CT molecular complexity index is 985. The molecule has 0 radical (unpaired) electrons. The minimum Gasteiger partial charge on any atom is -0.491 e. The molecule has 0 saturated carbocycles. The molecule has 1 saturated heterocycles. The largest absolute Gasteiger partial charge is 0.491 e. The van der Waals surface area contributed by atoms with Crippen LogP contribution in [0.4, 0.5) is 5.82 Å². The van der Waals surface area contributed by atoms with Gasteiger partial charge in [0, 0.05) is 37.8 Å². The predicted molar refractivity (Wildman–Crippen MR) is 124 cm³/mol.